The molecule has 0 aliphatic rings. The third kappa shape index (κ3) is 21.0. The molecule has 0 aromatic heterocycles. The van der Waals surface area contributed by atoms with E-state index in [1.54, 1.807) is 0 Å². The van der Waals surface area contributed by atoms with Crippen LogP contribution < -0.4 is 0 Å². The quantitative estimate of drug-likeness (QED) is 0.0408. The minimum absolute atomic E-state index is 0.0293. The van der Waals surface area contributed by atoms with Crippen LogP contribution in [0.2, 0.25) is 0 Å². The van der Waals surface area contributed by atoms with E-state index in [4.69, 9.17) is 33.2 Å². The molecule has 46 heavy (non-hydrogen) atoms. The van der Waals surface area contributed by atoms with Gasteiger partial charge in [-0.15, -0.1) is 0 Å². The lowest BCUT2D eigenvalue weighted by Gasteiger charge is -2.35. The SMILES string of the molecule is O=C(CCS)OCC(COCC(COC(=O)CCS)(COC(=O)CCS)OC(=O)CCS)(COC(=O)CCS)COC(=O)CCS. The van der Waals surface area contributed by atoms with Crippen molar-refractivity contribution in [3.8, 4) is 0 Å². The molecule has 0 aliphatic heterocycles. The molecule has 0 radical (unpaired) electrons. The Hall–Kier alpha value is -1.12. The van der Waals surface area contributed by atoms with Gasteiger partial charge in [-0.1, -0.05) is 0 Å². The van der Waals surface area contributed by atoms with Gasteiger partial charge in [0.2, 0.25) is 5.60 Å². The van der Waals surface area contributed by atoms with E-state index in [1.807, 2.05) is 0 Å². The highest BCUT2D eigenvalue weighted by Gasteiger charge is 2.42. The molecule has 19 heteroatoms. The maximum atomic E-state index is 12.7. The smallest absolute Gasteiger partial charge is 0.307 e. The number of esters is 6. The topological polar surface area (TPSA) is 167 Å². The third-order valence-corrected chi connectivity index (χ3v) is 6.95. The lowest BCUT2D eigenvalue weighted by molar-refractivity contribution is -0.199. The van der Waals surface area contributed by atoms with E-state index in [0.29, 0.717) is 0 Å². The zero-order chi connectivity index (χ0) is 34.8. The zero-order valence-corrected chi connectivity index (χ0v) is 30.8. The van der Waals surface area contributed by atoms with Gasteiger partial charge < -0.3 is 33.2 Å². The summed E-state index contributed by atoms with van der Waals surface area (Å²) in [5.74, 6) is -2.83. The molecule has 0 unspecified atom stereocenters. The van der Waals surface area contributed by atoms with Gasteiger partial charge in [0.25, 0.3) is 0 Å². The van der Waals surface area contributed by atoms with Crippen LogP contribution in [0.1, 0.15) is 38.5 Å². The van der Waals surface area contributed by atoms with E-state index in [2.05, 4.69) is 75.8 Å². The average molecular weight is 769 g/mol. The summed E-state index contributed by atoms with van der Waals surface area (Å²) in [6.07, 6.45) is -0.331. The first-order chi connectivity index (χ1) is 21.9. The minimum atomic E-state index is -1.83. The van der Waals surface area contributed by atoms with Gasteiger partial charge in [0.05, 0.1) is 57.2 Å². The summed E-state index contributed by atoms with van der Waals surface area (Å²) in [5.41, 5.74) is -3.28. The summed E-state index contributed by atoms with van der Waals surface area (Å²) in [6.45, 7) is -3.29. The predicted molar refractivity (Wildman–Crippen MR) is 188 cm³/mol. The van der Waals surface area contributed by atoms with Crippen LogP contribution in [0.25, 0.3) is 0 Å². The lowest BCUT2D eigenvalue weighted by Crippen LogP contribution is -2.51. The molecule has 0 saturated carbocycles. The highest BCUT2D eigenvalue weighted by Crippen LogP contribution is 2.25. The Morgan fingerprint density at radius 3 is 0.957 bits per heavy atom. The highest BCUT2D eigenvalue weighted by atomic mass is 32.1. The normalized spacial score (nSPS) is 11.3. The summed E-state index contributed by atoms with van der Waals surface area (Å²) in [5, 5.41) is 0. The monoisotopic (exact) mass is 768 g/mol. The molecule has 0 amide bonds. The van der Waals surface area contributed by atoms with E-state index in [1.165, 1.54) is 0 Å². The number of hydrogen-bond acceptors (Lipinski definition) is 19. The number of rotatable bonds is 27. The van der Waals surface area contributed by atoms with Crippen molar-refractivity contribution < 1.29 is 61.9 Å². The number of thiol groups is 6. The minimum Gasteiger partial charge on any atom is -0.465 e. The second kappa shape index (κ2) is 26.8. The standard InChI is InChI=1S/C27H44O13S6/c28-20(1-7-41)35-14-26(15-36-21(29)2-8-42,16-37-22(30)3-9-43)13-34-17-27(40-25(33)6-12-46,18-38-23(31)4-10-44)19-39-24(32)5-11-45/h41-46H,1-19H2. The molecule has 0 N–H and O–H groups in total. The first-order valence-corrected chi connectivity index (χ1v) is 18.0. The number of ether oxygens (including phenoxy) is 7. The molecule has 0 aliphatic carbocycles. The van der Waals surface area contributed by atoms with E-state index in [0.717, 1.165) is 0 Å². The van der Waals surface area contributed by atoms with Crippen molar-refractivity contribution in [2.75, 3.05) is 80.8 Å². The molecular weight excluding hydrogens is 725 g/mol. The Balaban J connectivity index is 6.44. The van der Waals surface area contributed by atoms with Crippen molar-refractivity contribution in [1.82, 2.24) is 0 Å². The van der Waals surface area contributed by atoms with Crippen LogP contribution >= 0.6 is 75.8 Å². The molecule has 0 bridgehead atoms. The average Bonchev–Trinajstić information content (AvgIpc) is 3.00. The second-order valence-electron chi connectivity index (χ2n) is 9.79. The second-order valence-corrected chi connectivity index (χ2v) is 12.5. The van der Waals surface area contributed by atoms with Gasteiger partial charge in [-0.2, -0.15) is 75.8 Å². The summed E-state index contributed by atoms with van der Waals surface area (Å²) in [7, 11) is 0. The molecule has 0 aromatic carbocycles. The summed E-state index contributed by atoms with van der Waals surface area (Å²) < 4.78 is 38.5. The van der Waals surface area contributed by atoms with Crippen LogP contribution in [-0.4, -0.2) is 122 Å². The van der Waals surface area contributed by atoms with Gasteiger partial charge in [0.15, 0.2) is 0 Å². The Bertz CT molecular complexity index is 876. The molecule has 0 fully saturated rings. The molecule has 0 spiro atoms. The van der Waals surface area contributed by atoms with Gasteiger partial charge >= 0.3 is 35.8 Å². The maximum Gasteiger partial charge on any atom is 0.307 e. The van der Waals surface area contributed by atoms with Gasteiger partial charge in [0.1, 0.15) is 33.0 Å². The predicted octanol–water partition coefficient (Wildman–Crippen LogP) is 1.91. The van der Waals surface area contributed by atoms with Crippen LogP contribution in [0.5, 0.6) is 0 Å². The van der Waals surface area contributed by atoms with Gasteiger partial charge in [0, 0.05) is 34.5 Å². The van der Waals surface area contributed by atoms with Gasteiger partial charge in [-0.3, -0.25) is 28.8 Å². The Morgan fingerprint density at radius 1 is 0.370 bits per heavy atom. The van der Waals surface area contributed by atoms with Crippen LogP contribution in [-0.2, 0) is 61.9 Å². The number of carbonyl (C=O) groups excluding carboxylic acids is 6. The summed E-state index contributed by atoms with van der Waals surface area (Å²) >= 11 is 24.2. The van der Waals surface area contributed by atoms with Crippen molar-refractivity contribution in [2.24, 2.45) is 5.41 Å². The summed E-state index contributed by atoms with van der Waals surface area (Å²) in [4.78, 5) is 73.9. The maximum absolute atomic E-state index is 12.7. The molecule has 0 aromatic rings. The first kappa shape index (κ1) is 44.9. The fourth-order valence-corrected chi connectivity index (χ4v) is 4.34. The number of hydrogen-bond donors (Lipinski definition) is 6. The Morgan fingerprint density at radius 2 is 0.652 bits per heavy atom. The molecule has 0 heterocycles. The fourth-order valence-electron chi connectivity index (χ4n) is 3.24. The van der Waals surface area contributed by atoms with Crippen molar-refractivity contribution in [2.45, 2.75) is 44.1 Å². The van der Waals surface area contributed by atoms with Crippen molar-refractivity contribution >= 4 is 112 Å². The third-order valence-electron chi connectivity index (χ3n) is 5.61. The highest BCUT2D eigenvalue weighted by molar-refractivity contribution is 7.81. The van der Waals surface area contributed by atoms with Crippen molar-refractivity contribution in [3.63, 3.8) is 0 Å². The molecule has 0 atom stereocenters. The summed E-state index contributed by atoms with van der Waals surface area (Å²) in [6, 6.07) is 0. The Kier molecular flexibility index (Phi) is 26.1. The van der Waals surface area contributed by atoms with E-state index in [-0.39, 0.29) is 73.0 Å². The zero-order valence-electron chi connectivity index (χ0n) is 25.4. The van der Waals surface area contributed by atoms with E-state index < -0.39 is 93.1 Å². The van der Waals surface area contributed by atoms with Gasteiger partial charge in [-0.05, 0) is 0 Å². The van der Waals surface area contributed by atoms with Crippen LogP contribution in [0.15, 0.2) is 0 Å². The molecule has 13 nitrogen and oxygen atoms in total. The number of carbonyl (C=O) groups is 6. The van der Waals surface area contributed by atoms with Crippen molar-refractivity contribution in [1.29, 1.82) is 0 Å². The molecule has 266 valence electrons. The van der Waals surface area contributed by atoms with Gasteiger partial charge in [-0.25, -0.2) is 0 Å². The largest absolute Gasteiger partial charge is 0.465 e. The van der Waals surface area contributed by atoms with E-state index >= 15 is 0 Å². The van der Waals surface area contributed by atoms with Crippen LogP contribution in [0.4, 0.5) is 0 Å². The molecular formula is C27H44O13S6. The Labute approximate surface area is 302 Å². The fraction of sp³-hybridized carbons (Fsp3) is 0.778. The van der Waals surface area contributed by atoms with Crippen molar-refractivity contribution in [3.05, 3.63) is 0 Å². The van der Waals surface area contributed by atoms with Crippen LogP contribution in [0, 0.1) is 5.41 Å². The molecule has 0 saturated heterocycles. The van der Waals surface area contributed by atoms with E-state index in [9.17, 15) is 28.8 Å². The molecule has 0 rings (SSSR count). The van der Waals surface area contributed by atoms with Crippen LogP contribution in [0.3, 0.4) is 0 Å². The lowest BCUT2D eigenvalue weighted by atomic mass is 9.92. The first-order valence-electron chi connectivity index (χ1n) is 14.2.